The Kier molecular flexibility index (Phi) is 1.48. The quantitative estimate of drug-likeness (QED) is 0.609. The molecule has 70 valence electrons. The first-order valence-electron chi connectivity index (χ1n) is 3.94. The lowest BCUT2D eigenvalue weighted by atomic mass is 9.82. The van der Waals surface area contributed by atoms with Gasteiger partial charge in [-0.25, -0.2) is 0 Å². The summed E-state index contributed by atoms with van der Waals surface area (Å²) in [6.45, 7) is 0. The Morgan fingerprint density at radius 1 is 1.33 bits per heavy atom. The molecule has 0 radical (unpaired) electrons. The number of alkyl halides is 3. The first kappa shape index (κ1) is 8.31. The smallest absolute Gasteiger partial charge is 0.373 e. The molecule has 3 atom stereocenters. The minimum atomic E-state index is -4.33. The van der Waals surface area contributed by atoms with Crippen LogP contribution in [-0.4, -0.2) is 23.9 Å². The van der Waals surface area contributed by atoms with Crippen molar-refractivity contribution in [1.82, 2.24) is 0 Å². The first-order valence-corrected chi connectivity index (χ1v) is 3.94. The Labute approximate surface area is 67.9 Å². The highest BCUT2D eigenvalue weighted by Gasteiger charge is 2.64. The van der Waals surface area contributed by atoms with Crippen molar-refractivity contribution in [3.8, 4) is 0 Å². The van der Waals surface area contributed by atoms with Crippen molar-refractivity contribution in [2.24, 2.45) is 5.73 Å². The molecule has 0 aromatic carbocycles. The van der Waals surface area contributed by atoms with Crippen molar-refractivity contribution in [2.45, 2.75) is 43.2 Å². The van der Waals surface area contributed by atoms with Gasteiger partial charge in [-0.15, -0.1) is 0 Å². The summed E-state index contributed by atoms with van der Waals surface area (Å²) in [4.78, 5) is 0. The van der Waals surface area contributed by atoms with E-state index in [-0.39, 0.29) is 12.5 Å². The lowest BCUT2D eigenvalue weighted by Crippen LogP contribution is -2.59. The van der Waals surface area contributed by atoms with Gasteiger partial charge in [0.1, 0.15) is 5.54 Å². The molecule has 5 heteroatoms. The van der Waals surface area contributed by atoms with E-state index in [2.05, 4.69) is 0 Å². The molecule has 0 spiro atoms. The summed E-state index contributed by atoms with van der Waals surface area (Å²) in [6.07, 6.45) is -4.29. The predicted molar refractivity (Wildman–Crippen MR) is 35.5 cm³/mol. The Balaban J connectivity index is 2.23. The van der Waals surface area contributed by atoms with Crippen LogP contribution in [0.15, 0.2) is 0 Å². The highest BCUT2D eigenvalue weighted by Crippen LogP contribution is 2.48. The van der Waals surface area contributed by atoms with Gasteiger partial charge in [0.2, 0.25) is 0 Å². The topological polar surface area (TPSA) is 35.2 Å². The van der Waals surface area contributed by atoms with E-state index in [9.17, 15) is 13.2 Å². The number of halogens is 3. The molecule has 2 N–H and O–H groups in total. The van der Waals surface area contributed by atoms with Crippen LogP contribution in [0.3, 0.4) is 0 Å². The zero-order chi connectivity index (χ0) is 8.98. The Hall–Kier alpha value is -0.290. The molecule has 2 rings (SSSR count). The summed E-state index contributed by atoms with van der Waals surface area (Å²) in [7, 11) is 0. The van der Waals surface area contributed by atoms with Crippen molar-refractivity contribution in [1.29, 1.82) is 0 Å². The summed E-state index contributed by atoms with van der Waals surface area (Å²) < 4.78 is 42.3. The van der Waals surface area contributed by atoms with E-state index >= 15 is 0 Å². The van der Waals surface area contributed by atoms with Gasteiger partial charge in [-0.1, -0.05) is 0 Å². The molecule has 2 saturated heterocycles. The van der Waals surface area contributed by atoms with E-state index in [1.54, 1.807) is 0 Å². The molecule has 0 saturated carbocycles. The molecule has 2 aliphatic rings. The van der Waals surface area contributed by atoms with Gasteiger partial charge in [0.25, 0.3) is 0 Å². The molecule has 2 aliphatic heterocycles. The molecular formula is C7H10F3NO. The maximum absolute atomic E-state index is 12.4. The number of ether oxygens (including phenoxy) is 1. The van der Waals surface area contributed by atoms with Crippen molar-refractivity contribution in [3.05, 3.63) is 0 Å². The molecule has 2 bridgehead atoms. The second-order valence-electron chi connectivity index (χ2n) is 3.57. The minimum Gasteiger partial charge on any atom is -0.373 e. The summed E-state index contributed by atoms with van der Waals surface area (Å²) in [5, 5.41) is 0. The third-order valence-corrected chi connectivity index (χ3v) is 2.78. The SMILES string of the molecule is NC1(C(F)(F)F)CC2CCC1O2. The van der Waals surface area contributed by atoms with Crippen molar-refractivity contribution < 1.29 is 17.9 Å². The van der Waals surface area contributed by atoms with Gasteiger partial charge in [0.15, 0.2) is 0 Å². The fourth-order valence-electron chi connectivity index (χ4n) is 2.04. The number of fused-ring (bicyclic) bond motifs is 2. The van der Waals surface area contributed by atoms with E-state index in [4.69, 9.17) is 10.5 Å². The summed E-state index contributed by atoms with van der Waals surface area (Å²) >= 11 is 0. The summed E-state index contributed by atoms with van der Waals surface area (Å²) in [5.74, 6) is 0. The fraction of sp³-hybridized carbons (Fsp3) is 1.00. The molecule has 2 fully saturated rings. The second kappa shape index (κ2) is 2.14. The Morgan fingerprint density at radius 2 is 2.00 bits per heavy atom. The van der Waals surface area contributed by atoms with Crippen LogP contribution in [0.25, 0.3) is 0 Å². The molecule has 3 unspecified atom stereocenters. The van der Waals surface area contributed by atoms with Crippen LogP contribution in [0.2, 0.25) is 0 Å². The number of hydrogen-bond donors (Lipinski definition) is 1. The molecule has 12 heavy (non-hydrogen) atoms. The number of hydrogen-bond acceptors (Lipinski definition) is 2. The Bertz CT molecular complexity index is 205. The van der Waals surface area contributed by atoms with E-state index in [0.717, 1.165) is 6.42 Å². The molecule has 0 aromatic heterocycles. The number of rotatable bonds is 0. The zero-order valence-corrected chi connectivity index (χ0v) is 6.40. The van der Waals surface area contributed by atoms with Crippen LogP contribution >= 0.6 is 0 Å². The minimum absolute atomic E-state index is 0.0683. The van der Waals surface area contributed by atoms with Gasteiger partial charge >= 0.3 is 6.18 Å². The van der Waals surface area contributed by atoms with Crippen LogP contribution < -0.4 is 5.73 Å². The standard InChI is InChI=1S/C7H10F3NO/c8-7(9,10)6(11)3-4-1-2-5(6)12-4/h4-5H,1-3,11H2. The third-order valence-electron chi connectivity index (χ3n) is 2.78. The lowest BCUT2D eigenvalue weighted by molar-refractivity contribution is -0.198. The average molecular weight is 181 g/mol. The molecule has 0 aromatic rings. The first-order chi connectivity index (χ1) is 5.43. The van der Waals surface area contributed by atoms with Gasteiger partial charge in [0, 0.05) is 6.42 Å². The van der Waals surface area contributed by atoms with Crippen molar-refractivity contribution >= 4 is 0 Å². The van der Waals surface area contributed by atoms with E-state index in [1.807, 2.05) is 0 Å². The molecular weight excluding hydrogens is 171 g/mol. The van der Waals surface area contributed by atoms with Crippen molar-refractivity contribution in [2.75, 3.05) is 0 Å². The van der Waals surface area contributed by atoms with Gasteiger partial charge in [0.05, 0.1) is 12.2 Å². The molecule has 0 amide bonds. The molecule has 0 aliphatic carbocycles. The normalized spacial score (nSPS) is 47.0. The zero-order valence-electron chi connectivity index (χ0n) is 6.40. The van der Waals surface area contributed by atoms with Crippen LogP contribution in [0.4, 0.5) is 13.2 Å². The van der Waals surface area contributed by atoms with E-state index in [1.165, 1.54) is 0 Å². The highest BCUT2D eigenvalue weighted by molar-refractivity contribution is 5.09. The molecule has 2 heterocycles. The number of nitrogens with two attached hydrogens (primary N) is 1. The third kappa shape index (κ3) is 0.894. The van der Waals surface area contributed by atoms with Crippen LogP contribution in [0.1, 0.15) is 19.3 Å². The Morgan fingerprint density at radius 3 is 2.25 bits per heavy atom. The van der Waals surface area contributed by atoms with Gasteiger partial charge in [-0.05, 0) is 12.8 Å². The summed E-state index contributed by atoms with van der Waals surface area (Å²) in [6, 6.07) is 0. The van der Waals surface area contributed by atoms with Crippen LogP contribution in [0.5, 0.6) is 0 Å². The van der Waals surface area contributed by atoms with Gasteiger partial charge in [-0.3, -0.25) is 0 Å². The second-order valence-corrected chi connectivity index (χ2v) is 3.57. The predicted octanol–water partition coefficient (Wildman–Crippen LogP) is 1.20. The van der Waals surface area contributed by atoms with Crippen LogP contribution in [-0.2, 0) is 4.74 Å². The van der Waals surface area contributed by atoms with E-state index < -0.39 is 17.8 Å². The van der Waals surface area contributed by atoms with E-state index in [0.29, 0.717) is 6.42 Å². The summed E-state index contributed by atoms with van der Waals surface area (Å²) in [5.41, 5.74) is 3.20. The molecule has 2 nitrogen and oxygen atoms in total. The fourth-order valence-corrected chi connectivity index (χ4v) is 2.04. The lowest BCUT2D eigenvalue weighted by Gasteiger charge is -2.32. The highest BCUT2D eigenvalue weighted by atomic mass is 19.4. The van der Waals surface area contributed by atoms with Crippen molar-refractivity contribution in [3.63, 3.8) is 0 Å². The monoisotopic (exact) mass is 181 g/mol. The van der Waals surface area contributed by atoms with Crippen LogP contribution in [0, 0.1) is 0 Å². The van der Waals surface area contributed by atoms with Gasteiger partial charge in [-0.2, -0.15) is 13.2 Å². The average Bonchev–Trinajstić information content (AvgIpc) is 2.43. The van der Waals surface area contributed by atoms with Gasteiger partial charge < -0.3 is 10.5 Å². The largest absolute Gasteiger partial charge is 0.409 e. The maximum atomic E-state index is 12.4. The maximum Gasteiger partial charge on any atom is 0.409 e.